The smallest absolute Gasteiger partial charge is 0.223 e. The molecule has 1 rings (SSSR count). The quantitative estimate of drug-likeness (QED) is 0.491. The van der Waals surface area contributed by atoms with Gasteiger partial charge in [-0.2, -0.15) is 0 Å². The Labute approximate surface area is 125 Å². The van der Waals surface area contributed by atoms with Gasteiger partial charge in [0.15, 0.2) is 0 Å². The molecule has 0 bridgehead atoms. The van der Waals surface area contributed by atoms with Crippen molar-refractivity contribution < 1.29 is 18.3 Å². The topological polar surface area (TPSA) is 86.7 Å². The van der Waals surface area contributed by atoms with E-state index >= 15 is 0 Å². The Kier molecular flexibility index (Phi) is 7.79. The first-order valence-corrected chi connectivity index (χ1v) is 9.08. The van der Waals surface area contributed by atoms with Crippen molar-refractivity contribution in [3.63, 3.8) is 0 Å². The molecular weight excluding hydrogens is 304 g/mol. The maximum absolute atomic E-state index is 12.0. The highest BCUT2D eigenvalue weighted by Crippen LogP contribution is 2.20. The molecule has 0 aromatic heterocycles. The Bertz CT molecular complexity index is 394. The summed E-state index contributed by atoms with van der Waals surface area (Å²) in [5.41, 5.74) is 0. The molecule has 2 N–H and O–H groups in total. The van der Waals surface area contributed by atoms with Crippen molar-refractivity contribution in [3.8, 4) is 0 Å². The number of rotatable bonds is 8. The molecule has 1 fully saturated rings. The van der Waals surface area contributed by atoms with Crippen molar-refractivity contribution in [2.24, 2.45) is 5.92 Å². The van der Waals surface area contributed by atoms with E-state index in [2.05, 4.69) is 5.32 Å². The maximum atomic E-state index is 12.0. The van der Waals surface area contributed by atoms with Gasteiger partial charge in [-0.3, -0.25) is 4.79 Å². The minimum Gasteiger partial charge on any atom is -0.396 e. The summed E-state index contributed by atoms with van der Waals surface area (Å²) in [7, 11) is -3.23. The lowest BCUT2D eigenvalue weighted by Gasteiger charge is -2.30. The fraction of sp³-hybridized carbons (Fsp3) is 0.917. The fourth-order valence-corrected chi connectivity index (χ4v) is 4.02. The Morgan fingerprint density at radius 3 is 2.50 bits per heavy atom. The average molecular weight is 327 g/mol. The summed E-state index contributed by atoms with van der Waals surface area (Å²) < 4.78 is 25.4. The van der Waals surface area contributed by atoms with Crippen LogP contribution in [0.15, 0.2) is 0 Å². The highest BCUT2D eigenvalue weighted by Gasteiger charge is 2.30. The van der Waals surface area contributed by atoms with Crippen LogP contribution in [0.5, 0.6) is 0 Å². The van der Waals surface area contributed by atoms with Gasteiger partial charge in [0.05, 0.1) is 5.75 Å². The highest BCUT2D eigenvalue weighted by atomic mass is 35.5. The molecule has 0 unspecified atom stereocenters. The number of carbonyl (C=O) groups excluding carboxylic acids is 1. The molecule has 0 radical (unpaired) electrons. The van der Waals surface area contributed by atoms with Gasteiger partial charge in [0, 0.05) is 38.0 Å². The van der Waals surface area contributed by atoms with Crippen LogP contribution in [-0.2, 0) is 14.8 Å². The number of sulfonamides is 1. The molecular formula is C12H23ClN2O4S. The van der Waals surface area contributed by atoms with Gasteiger partial charge in [0.25, 0.3) is 0 Å². The summed E-state index contributed by atoms with van der Waals surface area (Å²) in [5.74, 6) is 0.233. The van der Waals surface area contributed by atoms with E-state index in [0.717, 1.165) is 0 Å². The second-order valence-electron chi connectivity index (χ2n) is 4.90. The summed E-state index contributed by atoms with van der Waals surface area (Å²) in [6.07, 6.45) is 2.08. The number of aliphatic hydroxyl groups is 1. The summed E-state index contributed by atoms with van der Waals surface area (Å²) in [5, 5.41) is 11.4. The number of aliphatic hydroxyl groups excluding tert-OH is 1. The van der Waals surface area contributed by atoms with E-state index in [1.54, 1.807) is 0 Å². The Morgan fingerprint density at radius 1 is 1.30 bits per heavy atom. The van der Waals surface area contributed by atoms with Crippen molar-refractivity contribution in [1.29, 1.82) is 0 Å². The van der Waals surface area contributed by atoms with E-state index in [1.807, 2.05) is 0 Å². The van der Waals surface area contributed by atoms with E-state index in [0.29, 0.717) is 51.2 Å². The lowest BCUT2D eigenvalue weighted by molar-refractivity contribution is -0.126. The van der Waals surface area contributed by atoms with Crippen LogP contribution < -0.4 is 5.32 Å². The number of nitrogens with one attached hydrogen (secondary N) is 1. The highest BCUT2D eigenvalue weighted by molar-refractivity contribution is 7.89. The minimum absolute atomic E-state index is 0.0451. The van der Waals surface area contributed by atoms with Crippen LogP contribution in [-0.4, -0.2) is 61.6 Å². The van der Waals surface area contributed by atoms with Gasteiger partial charge in [0.2, 0.25) is 15.9 Å². The largest absolute Gasteiger partial charge is 0.396 e. The molecule has 1 heterocycles. The predicted octanol–water partition coefficient (Wildman–Crippen LogP) is 0.156. The van der Waals surface area contributed by atoms with Gasteiger partial charge < -0.3 is 10.4 Å². The van der Waals surface area contributed by atoms with Crippen molar-refractivity contribution >= 4 is 27.5 Å². The molecule has 0 saturated carbocycles. The van der Waals surface area contributed by atoms with Gasteiger partial charge in [-0.05, 0) is 25.7 Å². The van der Waals surface area contributed by atoms with Crippen LogP contribution in [0.2, 0.25) is 0 Å². The van der Waals surface area contributed by atoms with Crippen molar-refractivity contribution in [2.45, 2.75) is 25.7 Å². The Morgan fingerprint density at radius 2 is 1.95 bits per heavy atom. The van der Waals surface area contributed by atoms with Crippen molar-refractivity contribution in [3.05, 3.63) is 0 Å². The molecule has 118 valence electrons. The number of hydrogen-bond acceptors (Lipinski definition) is 4. The molecule has 0 aromatic rings. The second-order valence-corrected chi connectivity index (χ2v) is 7.37. The summed E-state index contributed by atoms with van der Waals surface area (Å²) in [6, 6.07) is 0. The number of hydrogen-bond donors (Lipinski definition) is 2. The van der Waals surface area contributed by atoms with E-state index in [9.17, 15) is 13.2 Å². The van der Waals surface area contributed by atoms with Gasteiger partial charge in [0.1, 0.15) is 0 Å². The first-order chi connectivity index (χ1) is 9.51. The first kappa shape index (κ1) is 17.7. The third kappa shape index (κ3) is 5.55. The van der Waals surface area contributed by atoms with Crippen LogP contribution in [0.4, 0.5) is 0 Å². The monoisotopic (exact) mass is 326 g/mol. The van der Waals surface area contributed by atoms with E-state index in [1.165, 1.54) is 4.31 Å². The Hall–Kier alpha value is -0.370. The molecule has 0 spiro atoms. The summed E-state index contributed by atoms with van der Waals surface area (Å²) in [6.45, 7) is 1.30. The third-order valence-corrected chi connectivity index (χ3v) is 5.61. The molecule has 6 nitrogen and oxygen atoms in total. The average Bonchev–Trinajstić information content (AvgIpc) is 2.45. The van der Waals surface area contributed by atoms with E-state index in [4.69, 9.17) is 16.7 Å². The van der Waals surface area contributed by atoms with Crippen LogP contribution in [0, 0.1) is 5.92 Å². The zero-order chi connectivity index (χ0) is 15.0. The minimum atomic E-state index is -3.23. The maximum Gasteiger partial charge on any atom is 0.223 e. The molecule has 0 aromatic carbocycles. The van der Waals surface area contributed by atoms with Crippen LogP contribution >= 0.6 is 11.6 Å². The van der Waals surface area contributed by atoms with Gasteiger partial charge in [-0.15, -0.1) is 11.6 Å². The Balaban J connectivity index is 2.37. The molecule has 1 amide bonds. The predicted molar refractivity (Wildman–Crippen MR) is 78.1 cm³/mol. The first-order valence-electron chi connectivity index (χ1n) is 6.93. The SMILES string of the molecule is O=C(NCCCO)C1CCN(S(=O)(=O)CCCCl)CC1. The van der Waals surface area contributed by atoms with Crippen LogP contribution in [0.25, 0.3) is 0 Å². The fourth-order valence-electron chi connectivity index (χ4n) is 2.20. The van der Waals surface area contributed by atoms with E-state index < -0.39 is 10.0 Å². The standard InChI is InChI=1S/C12H23ClN2O4S/c13-5-1-10-20(18,19)15-7-3-11(4-8-15)12(17)14-6-2-9-16/h11,16H,1-10H2,(H,14,17). The van der Waals surface area contributed by atoms with Crippen LogP contribution in [0.1, 0.15) is 25.7 Å². The number of alkyl halides is 1. The molecule has 8 heteroatoms. The lowest BCUT2D eigenvalue weighted by Crippen LogP contribution is -2.44. The molecule has 1 saturated heterocycles. The number of nitrogens with zero attached hydrogens (tertiary/aromatic N) is 1. The number of halogens is 1. The zero-order valence-electron chi connectivity index (χ0n) is 11.6. The molecule has 0 atom stereocenters. The van der Waals surface area contributed by atoms with Crippen LogP contribution in [0.3, 0.4) is 0 Å². The number of piperidine rings is 1. The molecule has 1 aliphatic rings. The zero-order valence-corrected chi connectivity index (χ0v) is 13.1. The second kappa shape index (κ2) is 8.81. The molecule has 20 heavy (non-hydrogen) atoms. The third-order valence-electron chi connectivity index (χ3n) is 3.39. The number of amides is 1. The van der Waals surface area contributed by atoms with Gasteiger partial charge in [-0.1, -0.05) is 0 Å². The summed E-state index contributed by atoms with van der Waals surface area (Å²) in [4.78, 5) is 11.8. The van der Waals surface area contributed by atoms with Crippen molar-refractivity contribution in [1.82, 2.24) is 9.62 Å². The normalized spacial score (nSPS) is 18.1. The van der Waals surface area contributed by atoms with E-state index in [-0.39, 0.29) is 24.2 Å². The lowest BCUT2D eigenvalue weighted by atomic mass is 9.97. The van der Waals surface area contributed by atoms with Gasteiger partial charge in [-0.25, -0.2) is 12.7 Å². The molecule has 1 aliphatic heterocycles. The van der Waals surface area contributed by atoms with Crippen molar-refractivity contribution in [2.75, 3.05) is 37.9 Å². The number of carbonyl (C=O) groups is 1. The summed E-state index contributed by atoms with van der Waals surface area (Å²) >= 11 is 5.52. The molecule has 0 aliphatic carbocycles. The van der Waals surface area contributed by atoms with Gasteiger partial charge >= 0.3 is 0 Å².